The quantitative estimate of drug-likeness (QED) is 0.482. The number of nitrogens with zero attached hydrogens (tertiary/aromatic N) is 1. The molecule has 3 heterocycles. The molecule has 3 aromatic heterocycles. The third kappa shape index (κ3) is 3.68. The van der Waals surface area contributed by atoms with Crippen molar-refractivity contribution in [3.05, 3.63) is 63.8 Å². The van der Waals surface area contributed by atoms with Gasteiger partial charge in [-0.2, -0.15) is 0 Å². The van der Waals surface area contributed by atoms with Crippen molar-refractivity contribution in [2.45, 2.75) is 40.3 Å². The topological polar surface area (TPSA) is 68.3 Å². The maximum Gasteiger partial charge on any atom is 0.336 e. The van der Waals surface area contributed by atoms with Crippen LogP contribution in [0.3, 0.4) is 0 Å². The number of hydrogen-bond acceptors (Lipinski definition) is 5. The van der Waals surface area contributed by atoms with Crippen LogP contribution in [0.5, 0.6) is 0 Å². The van der Waals surface area contributed by atoms with E-state index in [0.29, 0.717) is 23.9 Å². The van der Waals surface area contributed by atoms with Crippen LogP contribution in [-0.2, 0) is 6.54 Å². The summed E-state index contributed by atoms with van der Waals surface area (Å²) in [6, 6.07) is 9.69. The van der Waals surface area contributed by atoms with E-state index in [1.807, 2.05) is 44.3 Å². The largest absolute Gasteiger partial charge is 0.454 e. The van der Waals surface area contributed by atoms with E-state index in [4.69, 9.17) is 8.83 Å². The Kier molecular flexibility index (Phi) is 5.59. The molecule has 0 aliphatic carbocycles. The van der Waals surface area contributed by atoms with Crippen LogP contribution in [0.1, 0.15) is 30.7 Å². The summed E-state index contributed by atoms with van der Waals surface area (Å²) in [6.07, 6.45) is 1.88. The molecule has 6 heteroatoms. The number of hydrogen-bond donors (Lipinski definition) is 1. The third-order valence-electron chi connectivity index (χ3n) is 4.69. The van der Waals surface area contributed by atoms with Gasteiger partial charge >= 0.3 is 5.63 Å². The van der Waals surface area contributed by atoms with Gasteiger partial charge in [0.25, 0.3) is 0 Å². The first-order chi connectivity index (χ1) is 12.9. The number of aryl methyl sites for hydroxylation is 2. The predicted octanol–water partition coefficient (Wildman–Crippen LogP) is 5.14. The molecule has 4 aromatic rings. The number of nitrogens with one attached hydrogen (secondary N) is 1. The second-order valence-corrected chi connectivity index (χ2v) is 7.24. The Hall–Kier alpha value is -2.63. The fourth-order valence-electron chi connectivity index (χ4n) is 3.26. The van der Waals surface area contributed by atoms with Crippen LogP contribution < -0.4 is 10.9 Å². The number of aromatic nitrogens is 1. The molecule has 0 unspecified atom stereocenters. The number of fused-ring (bicyclic) bond motifs is 2. The van der Waals surface area contributed by atoms with Crippen LogP contribution >= 0.6 is 12.4 Å². The van der Waals surface area contributed by atoms with Crippen LogP contribution in [0, 0.1) is 13.8 Å². The van der Waals surface area contributed by atoms with E-state index < -0.39 is 0 Å². The normalized spacial score (nSPS) is 11.3. The average Bonchev–Trinajstić information content (AvgIpc) is 3.06. The predicted molar refractivity (Wildman–Crippen MR) is 114 cm³/mol. The highest BCUT2D eigenvalue weighted by atomic mass is 35.5. The highest BCUT2D eigenvalue weighted by Gasteiger charge is 2.16. The summed E-state index contributed by atoms with van der Waals surface area (Å²) in [7, 11) is 0. The lowest BCUT2D eigenvalue weighted by molar-refractivity contribution is 0.559. The van der Waals surface area contributed by atoms with Crippen molar-refractivity contribution in [1.82, 2.24) is 10.3 Å². The molecule has 0 saturated heterocycles. The SMILES string of the molecule is Cc1ccc2c(-c3cc4c(CNC(C)C)cnc(C)c4o3)cc(=O)oc2c1.Cl. The Labute approximate surface area is 169 Å². The van der Waals surface area contributed by atoms with Crippen LogP contribution in [-0.4, -0.2) is 11.0 Å². The average molecular weight is 399 g/mol. The lowest BCUT2D eigenvalue weighted by Gasteiger charge is -2.08. The highest BCUT2D eigenvalue weighted by Crippen LogP contribution is 2.34. The van der Waals surface area contributed by atoms with Crippen molar-refractivity contribution in [2.24, 2.45) is 0 Å². The van der Waals surface area contributed by atoms with Crippen molar-refractivity contribution in [1.29, 1.82) is 0 Å². The van der Waals surface area contributed by atoms with Gasteiger partial charge in [-0.05, 0) is 37.1 Å². The molecule has 0 spiro atoms. The fourth-order valence-corrected chi connectivity index (χ4v) is 3.26. The van der Waals surface area contributed by atoms with Gasteiger partial charge in [0, 0.05) is 41.2 Å². The van der Waals surface area contributed by atoms with Gasteiger partial charge < -0.3 is 14.2 Å². The molecule has 0 fully saturated rings. The molecule has 4 rings (SSSR count). The molecule has 0 bridgehead atoms. The number of benzene rings is 1. The first kappa shape index (κ1) is 20.1. The maximum absolute atomic E-state index is 12.1. The molecule has 1 N–H and O–H groups in total. The van der Waals surface area contributed by atoms with Crippen molar-refractivity contribution in [3.8, 4) is 11.3 Å². The summed E-state index contributed by atoms with van der Waals surface area (Å²) in [5.41, 5.74) is 4.60. The van der Waals surface area contributed by atoms with Gasteiger partial charge in [-0.1, -0.05) is 26.0 Å². The van der Waals surface area contributed by atoms with E-state index in [2.05, 4.69) is 24.1 Å². The molecule has 28 heavy (non-hydrogen) atoms. The molecular formula is C22H23ClN2O3. The summed E-state index contributed by atoms with van der Waals surface area (Å²) >= 11 is 0. The molecule has 0 atom stereocenters. The van der Waals surface area contributed by atoms with E-state index >= 15 is 0 Å². The molecular weight excluding hydrogens is 376 g/mol. The van der Waals surface area contributed by atoms with Crippen molar-refractivity contribution < 1.29 is 8.83 Å². The standard InChI is InChI=1S/C22H22N2O3.ClH/c1-12(2)23-10-15-11-24-14(4)22-17(15)8-20(27-22)18-9-21(25)26-19-7-13(3)5-6-16(18)19;/h5-9,11-12,23H,10H2,1-4H3;1H. The second-order valence-electron chi connectivity index (χ2n) is 7.24. The molecule has 0 aliphatic heterocycles. The molecule has 146 valence electrons. The minimum atomic E-state index is -0.389. The Morgan fingerprint density at radius 2 is 1.86 bits per heavy atom. The summed E-state index contributed by atoms with van der Waals surface area (Å²) in [4.78, 5) is 16.6. The minimum Gasteiger partial charge on any atom is -0.454 e. The van der Waals surface area contributed by atoms with Gasteiger partial charge in [0.15, 0.2) is 5.58 Å². The van der Waals surface area contributed by atoms with Crippen LogP contribution in [0.25, 0.3) is 33.3 Å². The fraction of sp³-hybridized carbons (Fsp3) is 0.273. The number of halogens is 1. The Morgan fingerprint density at radius 1 is 1.07 bits per heavy atom. The summed E-state index contributed by atoms with van der Waals surface area (Å²) in [6.45, 7) is 8.82. The van der Waals surface area contributed by atoms with Gasteiger partial charge in [-0.15, -0.1) is 12.4 Å². The maximum atomic E-state index is 12.1. The van der Waals surface area contributed by atoms with Gasteiger partial charge in [-0.3, -0.25) is 4.98 Å². The van der Waals surface area contributed by atoms with Crippen LogP contribution in [0.2, 0.25) is 0 Å². The van der Waals surface area contributed by atoms with Gasteiger partial charge in [0.2, 0.25) is 0 Å². The molecule has 0 amide bonds. The lowest BCUT2D eigenvalue weighted by atomic mass is 10.1. The molecule has 1 aromatic carbocycles. The van der Waals surface area contributed by atoms with Gasteiger partial charge in [-0.25, -0.2) is 4.79 Å². The Balaban J connectivity index is 0.00000225. The third-order valence-corrected chi connectivity index (χ3v) is 4.69. The van der Waals surface area contributed by atoms with Crippen molar-refractivity contribution in [3.63, 3.8) is 0 Å². The molecule has 0 aliphatic rings. The van der Waals surface area contributed by atoms with Gasteiger partial charge in [0.05, 0.1) is 5.69 Å². The summed E-state index contributed by atoms with van der Waals surface area (Å²) in [5, 5.41) is 5.29. The second kappa shape index (κ2) is 7.78. The lowest BCUT2D eigenvalue weighted by Crippen LogP contribution is -2.22. The van der Waals surface area contributed by atoms with E-state index in [-0.39, 0.29) is 18.0 Å². The molecule has 5 nitrogen and oxygen atoms in total. The van der Waals surface area contributed by atoms with Crippen molar-refractivity contribution >= 4 is 34.3 Å². The number of furan rings is 1. The summed E-state index contributed by atoms with van der Waals surface area (Å²) < 4.78 is 11.5. The number of pyridine rings is 1. The monoisotopic (exact) mass is 398 g/mol. The Bertz CT molecular complexity index is 1210. The van der Waals surface area contributed by atoms with Gasteiger partial charge in [0.1, 0.15) is 11.3 Å². The molecule has 0 saturated carbocycles. The van der Waals surface area contributed by atoms with E-state index in [1.54, 1.807) is 0 Å². The van der Waals surface area contributed by atoms with E-state index in [1.165, 1.54) is 6.07 Å². The first-order valence-corrected chi connectivity index (χ1v) is 9.08. The van der Waals surface area contributed by atoms with Crippen LogP contribution in [0.4, 0.5) is 0 Å². The zero-order valence-electron chi connectivity index (χ0n) is 16.3. The zero-order chi connectivity index (χ0) is 19.1. The summed E-state index contributed by atoms with van der Waals surface area (Å²) in [5.74, 6) is 0.647. The Morgan fingerprint density at radius 3 is 2.61 bits per heavy atom. The van der Waals surface area contributed by atoms with Crippen molar-refractivity contribution in [2.75, 3.05) is 0 Å². The van der Waals surface area contributed by atoms with Crippen LogP contribution in [0.15, 0.2) is 50.2 Å². The molecule has 0 radical (unpaired) electrons. The highest BCUT2D eigenvalue weighted by molar-refractivity contribution is 5.95. The smallest absolute Gasteiger partial charge is 0.336 e. The minimum absolute atomic E-state index is 0. The number of rotatable bonds is 4. The van der Waals surface area contributed by atoms with E-state index in [0.717, 1.165) is 38.7 Å². The first-order valence-electron chi connectivity index (χ1n) is 9.08. The van der Waals surface area contributed by atoms with E-state index in [9.17, 15) is 4.79 Å². The zero-order valence-corrected chi connectivity index (χ0v) is 17.1.